The number of pyridine rings is 1. The van der Waals surface area contributed by atoms with Crippen LogP contribution in [0.4, 0.5) is 11.4 Å². The van der Waals surface area contributed by atoms with Crippen LogP contribution < -0.4 is 15.5 Å². The summed E-state index contributed by atoms with van der Waals surface area (Å²) in [5.74, 6) is -0.276. The molecule has 0 saturated carbocycles. The van der Waals surface area contributed by atoms with E-state index in [1.165, 1.54) is 12.7 Å². The molecular weight excluding hydrogens is 530 g/mol. The fraction of sp³-hybridized carbons (Fsp3) is 0.233. The quantitative estimate of drug-likeness (QED) is 0.262. The number of hydrogen-bond donors (Lipinski definition) is 2. The van der Waals surface area contributed by atoms with Crippen LogP contribution in [-0.2, 0) is 9.53 Å². The van der Waals surface area contributed by atoms with Gasteiger partial charge in [0.1, 0.15) is 6.61 Å². The van der Waals surface area contributed by atoms with Gasteiger partial charge >= 0.3 is 0 Å². The molecule has 2 aromatic heterocycles. The van der Waals surface area contributed by atoms with Crippen molar-refractivity contribution in [3.8, 4) is 5.69 Å². The SMILES string of the molecule is COCC(=O)Nc1ccc(N2C(=S)N[C@@H](c3ccccn3)[C@H]2c2cc(C)n(-c3cccc(C)c3)c2C)cc1Cl. The number of benzene rings is 2. The van der Waals surface area contributed by atoms with Gasteiger partial charge in [-0.2, -0.15) is 0 Å². The molecule has 1 aliphatic rings. The molecule has 1 saturated heterocycles. The lowest BCUT2D eigenvalue weighted by molar-refractivity contribution is -0.119. The van der Waals surface area contributed by atoms with Crippen molar-refractivity contribution >= 4 is 46.2 Å². The molecule has 39 heavy (non-hydrogen) atoms. The number of methoxy groups -OCH3 is 1. The molecule has 5 rings (SSSR count). The Kier molecular flexibility index (Phi) is 7.70. The summed E-state index contributed by atoms with van der Waals surface area (Å²) in [7, 11) is 1.47. The van der Waals surface area contributed by atoms with Crippen molar-refractivity contribution in [3.63, 3.8) is 0 Å². The molecule has 7 nitrogen and oxygen atoms in total. The summed E-state index contributed by atoms with van der Waals surface area (Å²) < 4.78 is 7.19. The molecule has 200 valence electrons. The maximum Gasteiger partial charge on any atom is 0.250 e. The largest absolute Gasteiger partial charge is 0.375 e. The predicted octanol–water partition coefficient (Wildman–Crippen LogP) is 6.21. The minimum absolute atomic E-state index is 0.0530. The third-order valence-corrected chi connectivity index (χ3v) is 7.55. The highest BCUT2D eigenvalue weighted by Gasteiger charge is 2.42. The van der Waals surface area contributed by atoms with Gasteiger partial charge in [0.15, 0.2) is 5.11 Å². The number of aryl methyl sites for hydroxylation is 2. The molecule has 0 aliphatic carbocycles. The Morgan fingerprint density at radius 3 is 2.59 bits per heavy atom. The topological polar surface area (TPSA) is 71.4 Å². The van der Waals surface area contributed by atoms with Gasteiger partial charge in [-0.1, -0.05) is 29.8 Å². The summed E-state index contributed by atoms with van der Waals surface area (Å²) >= 11 is 12.5. The van der Waals surface area contributed by atoms with E-state index in [-0.39, 0.29) is 24.6 Å². The van der Waals surface area contributed by atoms with Crippen molar-refractivity contribution in [3.05, 3.63) is 106 Å². The Bertz CT molecular complexity index is 1540. The zero-order chi connectivity index (χ0) is 27.7. The molecular formula is C30H30ClN5O2S. The molecule has 4 aromatic rings. The van der Waals surface area contributed by atoms with Crippen LogP contribution in [0, 0.1) is 20.8 Å². The van der Waals surface area contributed by atoms with Crippen LogP contribution in [0.15, 0.2) is 72.9 Å². The van der Waals surface area contributed by atoms with Gasteiger partial charge < -0.3 is 24.8 Å². The Morgan fingerprint density at radius 2 is 1.90 bits per heavy atom. The number of nitrogens with one attached hydrogen (secondary N) is 2. The van der Waals surface area contributed by atoms with Gasteiger partial charge in [0.2, 0.25) is 5.91 Å². The highest BCUT2D eigenvalue weighted by molar-refractivity contribution is 7.80. The van der Waals surface area contributed by atoms with Crippen molar-refractivity contribution in [2.75, 3.05) is 23.9 Å². The molecule has 0 spiro atoms. The molecule has 1 aliphatic heterocycles. The second-order valence-corrected chi connectivity index (χ2v) is 10.4. The van der Waals surface area contributed by atoms with Crippen LogP contribution in [0.3, 0.4) is 0 Å². The van der Waals surface area contributed by atoms with Gasteiger partial charge in [-0.15, -0.1) is 0 Å². The number of hydrogen-bond acceptors (Lipinski definition) is 4. The zero-order valence-corrected chi connectivity index (χ0v) is 23.8. The van der Waals surface area contributed by atoms with Crippen molar-refractivity contribution in [1.82, 2.24) is 14.9 Å². The van der Waals surface area contributed by atoms with Gasteiger partial charge in [-0.25, -0.2) is 0 Å². The number of thiocarbonyl (C=S) groups is 1. The lowest BCUT2D eigenvalue weighted by Gasteiger charge is -2.28. The first kappa shape index (κ1) is 26.9. The van der Waals surface area contributed by atoms with E-state index in [2.05, 4.69) is 76.2 Å². The highest BCUT2D eigenvalue weighted by atomic mass is 35.5. The van der Waals surface area contributed by atoms with Crippen molar-refractivity contribution in [2.45, 2.75) is 32.9 Å². The van der Waals surface area contributed by atoms with E-state index in [9.17, 15) is 4.79 Å². The second-order valence-electron chi connectivity index (χ2n) is 9.64. The third-order valence-electron chi connectivity index (χ3n) is 6.93. The average molecular weight is 560 g/mol. The molecule has 1 amide bonds. The molecule has 2 N–H and O–H groups in total. The molecule has 0 radical (unpaired) electrons. The summed E-state index contributed by atoms with van der Waals surface area (Å²) in [6.45, 7) is 6.31. The summed E-state index contributed by atoms with van der Waals surface area (Å²) in [6.07, 6.45) is 1.80. The Labute approximate surface area is 238 Å². The van der Waals surface area contributed by atoms with Crippen LogP contribution in [-0.4, -0.2) is 34.3 Å². The van der Waals surface area contributed by atoms with Crippen molar-refractivity contribution < 1.29 is 9.53 Å². The number of halogens is 1. The van der Waals surface area contributed by atoms with E-state index in [0.717, 1.165) is 34.0 Å². The molecule has 2 atom stereocenters. The maximum atomic E-state index is 12.1. The van der Waals surface area contributed by atoms with Gasteiger partial charge in [0, 0.05) is 36.1 Å². The number of carbonyl (C=O) groups excluding carboxylic acids is 1. The van der Waals surface area contributed by atoms with Gasteiger partial charge in [0.05, 0.1) is 28.5 Å². The number of carbonyl (C=O) groups is 1. The van der Waals surface area contributed by atoms with E-state index in [0.29, 0.717) is 15.8 Å². The minimum Gasteiger partial charge on any atom is -0.375 e. The second kappa shape index (κ2) is 11.2. The summed E-state index contributed by atoms with van der Waals surface area (Å²) in [5.41, 5.74) is 7.90. The molecule has 1 fully saturated rings. The molecule has 3 heterocycles. The lowest BCUT2D eigenvalue weighted by atomic mass is 9.96. The number of aromatic nitrogens is 2. The van der Waals surface area contributed by atoms with E-state index in [1.54, 1.807) is 12.3 Å². The van der Waals surface area contributed by atoms with E-state index in [1.807, 2.05) is 30.3 Å². The molecule has 0 unspecified atom stereocenters. The van der Waals surface area contributed by atoms with Crippen LogP contribution in [0.1, 0.15) is 40.3 Å². The standard InChI is InChI=1S/C30H30ClN5O2S/c1-18-8-7-9-21(14-18)35-19(2)15-23(20(35)3)29-28(26-10-5-6-13-32-26)34-30(39)36(29)22-11-12-25(24(31)16-22)33-27(37)17-38-4/h5-16,28-29H,17H2,1-4H3,(H,33,37)(H,34,39)/t28-,29+/m0/s1. The minimum atomic E-state index is -0.276. The number of amides is 1. The summed E-state index contributed by atoms with van der Waals surface area (Å²) in [5, 5.41) is 7.28. The Morgan fingerprint density at radius 1 is 1.08 bits per heavy atom. The first-order chi connectivity index (χ1) is 18.8. The Hall–Kier alpha value is -3.72. The first-order valence-electron chi connectivity index (χ1n) is 12.6. The van der Waals surface area contributed by atoms with Crippen LogP contribution in [0.2, 0.25) is 5.02 Å². The highest BCUT2D eigenvalue weighted by Crippen LogP contribution is 2.44. The zero-order valence-electron chi connectivity index (χ0n) is 22.2. The van der Waals surface area contributed by atoms with Gasteiger partial charge in [-0.05, 0) is 92.6 Å². The van der Waals surface area contributed by atoms with Crippen molar-refractivity contribution in [2.24, 2.45) is 0 Å². The van der Waals surface area contributed by atoms with Crippen LogP contribution in [0.25, 0.3) is 5.69 Å². The van der Waals surface area contributed by atoms with E-state index >= 15 is 0 Å². The number of ether oxygens (including phenoxy) is 1. The Balaban J connectivity index is 1.61. The fourth-order valence-corrected chi connectivity index (χ4v) is 5.84. The lowest BCUT2D eigenvalue weighted by Crippen LogP contribution is -2.29. The summed E-state index contributed by atoms with van der Waals surface area (Å²) in [6, 6.07) is 21.8. The van der Waals surface area contributed by atoms with Gasteiger partial charge in [-0.3, -0.25) is 9.78 Å². The monoisotopic (exact) mass is 559 g/mol. The number of nitrogens with zero attached hydrogens (tertiary/aromatic N) is 3. The molecule has 0 bridgehead atoms. The number of anilines is 2. The van der Waals surface area contributed by atoms with Crippen molar-refractivity contribution in [1.29, 1.82) is 0 Å². The maximum absolute atomic E-state index is 12.1. The van der Waals surface area contributed by atoms with Gasteiger partial charge in [0.25, 0.3) is 0 Å². The molecule has 2 aromatic carbocycles. The number of rotatable bonds is 7. The smallest absolute Gasteiger partial charge is 0.250 e. The van der Waals surface area contributed by atoms with Crippen LogP contribution in [0.5, 0.6) is 0 Å². The normalized spacial score (nSPS) is 16.8. The van der Waals surface area contributed by atoms with E-state index in [4.69, 9.17) is 28.6 Å². The van der Waals surface area contributed by atoms with Crippen LogP contribution >= 0.6 is 23.8 Å². The fourth-order valence-electron chi connectivity index (χ4n) is 5.27. The molecule has 9 heteroatoms. The van der Waals surface area contributed by atoms with E-state index < -0.39 is 0 Å². The average Bonchev–Trinajstić information content (AvgIpc) is 3.40. The predicted molar refractivity (Wildman–Crippen MR) is 160 cm³/mol. The summed E-state index contributed by atoms with van der Waals surface area (Å²) in [4.78, 5) is 18.8. The third kappa shape index (κ3) is 5.28. The first-order valence-corrected chi connectivity index (χ1v) is 13.4.